The average molecular weight is 460 g/mol. The van der Waals surface area contributed by atoms with Gasteiger partial charge in [0.1, 0.15) is 17.4 Å². The van der Waals surface area contributed by atoms with E-state index in [-0.39, 0.29) is 17.7 Å². The molecule has 34 heavy (non-hydrogen) atoms. The number of ether oxygens (including phenoxy) is 2. The number of rotatable bonds is 6. The van der Waals surface area contributed by atoms with Crippen LogP contribution in [0.15, 0.2) is 54.6 Å². The minimum atomic E-state index is -0.281. The van der Waals surface area contributed by atoms with Gasteiger partial charge in [0.2, 0.25) is 0 Å². The van der Waals surface area contributed by atoms with Crippen LogP contribution in [0.5, 0.6) is 5.75 Å². The molecular formula is C27H26FN3O3. The molecule has 1 atom stereocenters. The van der Waals surface area contributed by atoms with Crippen LogP contribution in [0.2, 0.25) is 0 Å². The lowest BCUT2D eigenvalue weighted by Crippen LogP contribution is -2.09. The van der Waals surface area contributed by atoms with Crippen molar-refractivity contribution in [1.82, 2.24) is 9.55 Å². The maximum atomic E-state index is 13.9. The molecule has 1 unspecified atom stereocenters. The average Bonchev–Trinajstić information content (AvgIpc) is 3.37. The highest BCUT2D eigenvalue weighted by Gasteiger charge is 2.27. The van der Waals surface area contributed by atoms with Gasteiger partial charge in [-0.25, -0.2) is 9.37 Å². The Bertz CT molecular complexity index is 1400. The number of carbonyl (C=O) groups is 1. The second kappa shape index (κ2) is 8.82. The Kier molecular flexibility index (Phi) is 5.69. The highest BCUT2D eigenvalue weighted by Crippen LogP contribution is 2.38. The van der Waals surface area contributed by atoms with Crippen molar-refractivity contribution in [3.8, 4) is 11.4 Å². The fourth-order valence-corrected chi connectivity index (χ4v) is 4.61. The molecule has 2 heterocycles. The monoisotopic (exact) mass is 459 g/mol. The van der Waals surface area contributed by atoms with Crippen molar-refractivity contribution in [3.05, 3.63) is 82.9 Å². The highest BCUT2D eigenvalue weighted by molar-refractivity contribution is 5.79. The number of anilines is 1. The van der Waals surface area contributed by atoms with Crippen LogP contribution in [0.1, 0.15) is 34.9 Å². The van der Waals surface area contributed by atoms with Crippen molar-refractivity contribution in [2.75, 3.05) is 19.0 Å². The molecule has 1 aliphatic heterocycles. The number of nitrogens with one attached hydrogen (secondary N) is 1. The van der Waals surface area contributed by atoms with Crippen molar-refractivity contribution in [1.29, 1.82) is 0 Å². The van der Waals surface area contributed by atoms with E-state index in [0.717, 1.165) is 50.7 Å². The van der Waals surface area contributed by atoms with Crippen LogP contribution in [0.4, 0.5) is 10.1 Å². The Hall–Kier alpha value is -3.87. The first-order valence-electron chi connectivity index (χ1n) is 11.3. The smallest absolute Gasteiger partial charge is 0.306 e. The molecule has 0 amide bonds. The van der Waals surface area contributed by atoms with E-state index in [1.807, 2.05) is 41.8 Å². The quantitative estimate of drug-likeness (QED) is 0.390. The Morgan fingerprint density at radius 1 is 1.21 bits per heavy atom. The fraction of sp³-hybridized carbons (Fsp3) is 0.259. The molecule has 1 aliphatic rings. The van der Waals surface area contributed by atoms with Crippen molar-refractivity contribution in [2.24, 2.45) is 0 Å². The van der Waals surface area contributed by atoms with Crippen LogP contribution in [0, 0.1) is 19.7 Å². The first-order chi connectivity index (χ1) is 16.4. The van der Waals surface area contributed by atoms with Crippen LogP contribution in [-0.4, -0.2) is 29.2 Å². The zero-order valence-corrected chi connectivity index (χ0v) is 19.4. The third-order valence-electron chi connectivity index (χ3n) is 6.46. The van der Waals surface area contributed by atoms with E-state index in [9.17, 15) is 9.18 Å². The minimum absolute atomic E-state index is 0.0218. The number of imidazole rings is 1. The summed E-state index contributed by atoms with van der Waals surface area (Å²) in [6, 6.07) is 16.8. The second-order valence-corrected chi connectivity index (χ2v) is 8.58. The third kappa shape index (κ3) is 3.98. The van der Waals surface area contributed by atoms with Gasteiger partial charge in [0.15, 0.2) is 0 Å². The van der Waals surface area contributed by atoms with E-state index in [2.05, 4.69) is 23.3 Å². The van der Waals surface area contributed by atoms with E-state index >= 15 is 0 Å². The maximum absolute atomic E-state index is 13.9. The molecule has 5 rings (SSSR count). The van der Waals surface area contributed by atoms with Gasteiger partial charge in [-0.15, -0.1) is 0 Å². The van der Waals surface area contributed by atoms with Gasteiger partial charge in [-0.2, -0.15) is 0 Å². The number of esters is 1. The molecule has 4 aromatic rings. The molecule has 0 bridgehead atoms. The lowest BCUT2D eigenvalue weighted by Gasteiger charge is -2.16. The zero-order chi connectivity index (χ0) is 23.8. The summed E-state index contributed by atoms with van der Waals surface area (Å²) in [5, 5.41) is 3.48. The molecule has 7 heteroatoms. The lowest BCUT2D eigenvalue weighted by molar-refractivity contribution is -0.141. The molecule has 174 valence electrons. The predicted octanol–water partition coefficient (Wildman–Crippen LogP) is 5.43. The number of nitrogens with zero attached hydrogens (tertiary/aromatic N) is 2. The molecule has 0 saturated heterocycles. The number of carbonyl (C=O) groups excluding carboxylic acids is 1. The van der Waals surface area contributed by atoms with Gasteiger partial charge in [-0.1, -0.05) is 18.2 Å². The first-order valence-corrected chi connectivity index (χ1v) is 11.3. The Morgan fingerprint density at radius 3 is 2.88 bits per heavy atom. The van der Waals surface area contributed by atoms with E-state index in [4.69, 9.17) is 9.47 Å². The van der Waals surface area contributed by atoms with Gasteiger partial charge in [-0.3, -0.25) is 9.36 Å². The standard InChI is InChI=1S/C27H26FN3O3/c1-16-18(5-4-6-24(16)31-17(2)30-23-10-7-20(28)12-25(23)31)14-29-21-8-9-22-19(11-27(32)33-3)15-34-26(22)13-21/h4-10,12-13,19,29H,11,14-15H2,1-3H3. The molecule has 0 radical (unpaired) electrons. The molecule has 0 saturated carbocycles. The number of aromatic nitrogens is 2. The zero-order valence-electron chi connectivity index (χ0n) is 19.4. The summed E-state index contributed by atoms with van der Waals surface area (Å²) >= 11 is 0. The largest absolute Gasteiger partial charge is 0.493 e. The topological polar surface area (TPSA) is 65.4 Å². The summed E-state index contributed by atoms with van der Waals surface area (Å²) in [7, 11) is 1.40. The summed E-state index contributed by atoms with van der Waals surface area (Å²) in [5.74, 6) is 1.12. The summed E-state index contributed by atoms with van der Waals surface area (Å²) in [6.07, 6.45) is 0.314. The van der Waals surface area contributed by atoms with Gasteiger partial charge in [0, 0.05) is 35.8 Å². The van der Waals surface area contributed by atoms with E-state index in [1.54, 1.807) is 6.07 Å². The van der Waals surface area contributed by atoms with Crippen LogP contribution in [0.3, 0.4) is 0 Å². The minimum Gasteiger partial charge on any atom is -0.493 e. The maximum Gasteiger partial charge on any atom is 0.306 e. The van der Waals surface area contributed by atoms with Gasteiger partial charge in [0.05, 0.1) is 36.9 Å². The molecule has 1 N–H and O–H groups in total. The van der Waals surface area contributed by atoms with E-state index < -0.39 is 0 Å². The van der Waals surface area contributed by atoms with Gasteiger partial charge in [-0.05, 0) is 49.2 Å². The Morgan fingerprint density at radius 2 is 2.06 bits per heavy atom. The molecule has 0 fully saturated rings. The van der Waals surface area contributed by atoms with Gasteiger partial charge < -0.3 is 14.8 Å². The number of benzene rings is 3. The summed E-state index contributed by atoms with van der Waals surface area (Å²) in [5.41, 5.74) is 6.69. The van der Waals surface area contributed by atoms with Crippen molar-refractivity contribution in [3.63, 3.8) is 0 Å². The molecule has 1 aromatic heterocycles. The number of fused-ring (bicyclic) bond motifs is 2. The van der Waals surface area contributed by atoms with Crippen LogP contribution in [-0.2, 0) is 16.1 Å². The molecule has 0 aliphatic carbocycles. The fourth-order valence-electron chi connectivity index (χ4n) is 4.61. The number of halogens is 1. The molecule has 0 spiro atoms. The molecule has 3 aromatic carbocycles. The first kappa shape index (κ1) is 21.9. The van der Waals surface area contributed by atoms with Gasteiger partial charge in [0.25, 0.3) is 0 Å². The summed E-state index contributed by atoms with van der Waals surface area (Å²) in [6.45, 7) is 5.10. The lowest BCUT2D eigenvalue weighted by atomic mass is 9.97. The number of aryl methyl sites for hydroxylation is 1. The SMILES string of the molecule is COC(=O)CC1COc2cc(NCc3cccc(-n4c(C)nc5ccc(F)cc54)c3C)ccc21. The Labute approximate surface area is 197 Å². The predicted molar refractivity (Wildman–Crippen MR) is 129 cm³/mol. The number of hydrogen-bond acceptors (Lipinski definition) is 5. The normalized spacial score (nSPS) is 14.6. The molecular weight excluding hydrogens is 433 g/mol. The van der Waals surface area contributed by atoms with Crippen LogP contribution in [0.25, 0.3) is 16.7 Å². The van der Waals surface area contributed by atoms with Crippen molar-refractivity contribution >= 4 is 22.7 Å². The van der Waals surface area contributed by atoms with Crippen LogP contribution < -0.4 is 10.1 Å². The number of hydrogen-bond donors (Lipinski definition) is 1. The van der Waals surface area contributed by atoms with Crippen LogP contribution >= 0.6 is 0 Å². The summed E-state index contributed by atoms with van der Waals surface area (Å²) in [4.78, 5) is 16.2. The van der Waals surface area contributed by atoms with E-state index in [1.165, 1.54) is 19.2 Å². The molecule has 6 nitrogen and oxygen atoms in total. The van der Waals surface area contributed by atoms with Crippen molar-refractivity contribution in [2.45, 2.75) is 32.7 Å². The number of methoxy groups -OCH3 is 1. The van der Waals surface area contributed by atoms with Crippen molar-refractivity contribution < 1.29 is 18.7 Å². The third-order valence-corrected chi connectivity index (χ3v) is 6.46. The highest BCUT2D eigenvalue weighted by atomic mass is 19.1. The Balaban J connectivity index is 1.38. The van der Waals surface area contributed by atoms with E-state index in [0.29, 0.717) is 19.6 Å². The second-order valence-electron chi connectivity index (χ2n) is 8.58. The van der Waals surface area contributed by atoms with Gasteiger partial charge >= 0.3 is 5.97 Å². The summed E-state index contributed by atoms with van der Waals surface area (Å²) < 4.78 is 26.6.